The van der Waals surface area contributed by atoms with Gasteiger partial charge >= 0.3 is 10.4 Å². The van der Waals surface area contributed by atoms with Gasteiger partial charge in [-0.2, -0.15) is 21.9 Å². The maximum Gasteiger partial charge on any atom is 0.394 e. The second-order valence-electron chi connectivity index (χ2n) is 0.448. The molecule has 0 aromatic rings. The molecule has 0 rings (SSSR count). The predicted octanol–water partition coefficient (Wildman–Crippen LogP) is -0.542. The average Bonchev–Trinajstić information content (AvgIpc) is 0.722. The van der Waals surface area contributed by atoms with Crippen LogP contribution in [-0.2, 0) is 27.5 Å². The standard InChI is InChI=1S/Fe.H2O4S.H2S/c;1-5(2,3)4;/h;(H2,1,2,3,4);1H2. The quantitative estimate of drug-likeness (QED) is 0.395. The Hall–Kier alpha value is 0.739. The third-order valence-corrected chi connectivity index (χ3v) is 0. The summed E-state index contributed by atoms with van der Waals surface area (Å²) in [6.45, 7) is 0. The average molecular weight is 188 g/mol. The first-order valence-electron chi connectivity index (χ1n) is 0.698. The van der Waals surface area contributed by atoms with Crippen molar-refractivity contribution in [1.82, 2.24) is 0 Å². The molecule has 48 valence electrons. The maximum atomic E-state index is 8.74. The van der Waals surface area contributed by atoms with Crippen LogP contribution < -0.4 is 0 Å². The predicted molar refractivity (Wildman–Crippen MR) is 24.6 cm³/mol. The molecule has 0 aromatic carbocycles. The second-order valence-corrected chi connectivity index (χ2v) is 1.34. The Morgan fingerprint density at radius 1 is 1.14 bits per heavy atom. The van der Waals surface area contributed by atoms with E-state index in [1.165, 1.54) is 0 Å². The Morgan fingerprint density at radius 3 is 1.14 bits per heavy atom. The van der Waals surface area contributed by atoms with Gasteiger partial charge in [0.15, 0.2) is 0 Å². The Bertz CT molecular complexity index is 92.9. The van der Waals surface area contributed by atoms with E-state index in [2.05, 4.69) is 0 Å². The van der Waals surface area contributed by atoms with Gasteiger partial charge in [-0.05, 0) is 0 Å². The summed E-state index contributed by atoms with van der Waals surface area (Å²) in [7, 11) is -4.67. The van der Waals surface area contributed by atoms with E-state index in [0.717, 1.165) is 0 Å². The maximum absolute atomic E-state index is 8.74. The first-order valence-corrected chi connectivity index (χ1v) is 2.10. The van der Waals surface area contributed by atoms with Crippen molar-refractivity contribution < 1.29 is 34.6 Å². The zero-order valence-electron chi connectivity index (χ0n) is 2.97. The van der Waals surface area contributed by atoms with Gasteiger partial charge in [0.1, 0.15) is 0 Å². The molecule has 0 amide bonds. The summed E-state index contributed by atoms with van der Waals surface area (Å²) < 4.78 is 31.6. The molecule has 0 unspecified atom stereocenters. The summed E-state index contributed by atoms with van der Waals surface area (Å²) in [5.74, 6) is 0. The molecule has 0 spiro atoms. The molecule has 2 N–H and O–H groups in total. The Kier molecular flexibility index (Phi) is 10.9. The van der Waals surface area contributed by atoms with Gasteiger partial charge < -0.3 is 0 Å². The summed E-state index contributed by atoms with van der Waals surface area (Å²) >= 11 is 0. The fourth-order valence-corrected chi connectivity index (χ4v) is 0. The zero-order valence-corrected chi connectivity index (χ0v) is 5.89. The minimum atomic E-state index is -4.67. The molecular formula is H4FeO4S2. The molecule has 0 aliphatic carbocycles. The van der Waals surface area contributed by atoms with Gasteiger partial charge in [-0.15, -0.1) is 0 Å². The van der Waals surface area contributed by atoms with E-state index in [0.29, 0.717) is 0 Å². The van der Waals surface area contributed by atoms with Crippen molar-refractivity contribution in [2.45, 2.75) is 0 Å². The van der Waals surface area contributed by atoms with Crippen molar-refractivity contribution in [3.63, 3.8) is 0 Å². The molecule has 0 fully saturated rings. The van der Waals surface area contributed by atoms with E-state index in [1.807, 2.05) is 0 Å². The van der Waals surface area contributed by atoms with Crippen molar-refractivity contribution in [2.75, 3.05) is 0 Å². The van der Waals surface area contributed by atoms with Crippen LogP contribution in [0, 0.1) is 0 Å². The van der Waals surface area contributed by atoms with Gasteiger partial charge in [0.05, 0.1) is 0 Å². The molecule has 4 nitrogen and oxygen atoms in total. The second kappa shape index (κ2) is 4.89. The van der Waals surface area contributed by atoms with Crippen LogP contribution in [0.15, 0.2) is 0 Å². The largest absolute Gasteiger partial charge is 0.394 e. The summed E-state index contributed by atoms with van der Waals surface area (Å²) in [5, 5.41) is 0. The third-order valence-electron chi connectivity index (χ3n) is 0. The van der Waals surface area contributed by atoms with Crippen molar-refractivity contribution in [1.29, 1.82) is 0 Å². The van der Waals surface area contributed by atoms with E-state index in [1.54, 1.807) is 0 Å². The molecule has 0 aliphatic heterocycles. The first kappa shape index (κ1) is 15.6. The van der Waals surface area contributed by atoms with Crippen molar-refractivity contribution >= 4 is 23.9 Å². The monoisotopic (exact) mass is 188 g/mol. The van der Waals surface area contributed by atoms with Crippen LogP contribution in [0.25, 0.3) is 0 Å². The van der Waals surface area contributed by atoms with Crippen LogP contribution >= 0.6 is 13.5 Å². The summed E-state index contributed by atoms with van der Waals surface area (Å²) in [6, 6.07) is 0. The van der Waals surface area contributed by atoms with Crippen molar-refractivity contribution in [3.8, 4) is 0 Å². The van der Waals surface area contributed by atoms with E-state index >= 15 is 0 Å². The van der Waals surface area contributed by atoms with Crippen LogP contribution in [0.5, 0.6) is 0 Å². The zero-order chi connectivity index (χ0) is 4.50. The molecule has 0 saturated heterocycles. The Labute approximate surface area is 58.8 Å². The van der Waals surface area contributed by atoms with Gasteiger partial charge in [-0.1, -0.05) is 0 Å². The first-order chi connectivity index (χ1) is 2.00. The van der Waals surface area contributed by atoms with E-state index in [9.17, 15) is 0 Å². The van der Waals surface area contributed by atoms with Crippen LogP contribution in [0.3, 0.4) is 0 Å². The van der Waals surface area contributed by atoms with E-state index in [4.69, 9.17) is 17.5 Å². The molecule has 0 atom stereocenters. The molecule has 0 bridgehead atoms. The van der Waals surface area contributed by atoms with Crippen molar-refractivity contribution in [3.05, 3.63) is 0 Å². The van der Waals surface area contributed by atoms with Gasteiger partial charge in [-0.3, -0.25) is 9.11 Å². The molecule has 0 saturated carbocycles. The third kappa shape index (κ3) is 277. The van der Waals surface area contributed by atoms with Crippen LogP contribution in [0.2, 0.25) is 0 Å². The molecular weight excluding hydrogens is 184 g/mol. The minimum absolute atomic E-state index is 0. The summed E-state index contributed by atoms with van der Waals surface area (Å²) in [4.78, 5) is 0. The molecule has 0 radical (unpaired) electrons. The number of hydrogen-bond donors (Lipinski definition) is 2. The Balaban J connectivity index is -0.0000000800. The molecule has 0 aliphatic rings. The van der Waals surface area contributed by atoms with Gasteiger partial charge in [0, 0.05) is 17.1 Å². The fraction of sp³-hybridized carbons (Fsp3) is 0. The summed E-state index contributed by atoms with van der Waals surface area (Å²) in [6.07, 6.45) is 0. The molecule has 7 heteroatoms. The van der Waals surface area contributed by atoms with Gasteiger partial charge in [-0.25, -0.2) is 0 Å². The van der Waals surface area contributed by atoms with Crippen LogP contribution in [0.4, 0.5) is 0 Å². The van der Waals surface area contributed by atoms with E-state index in [-0.39, 0.29) is 30.6 Å². The molecule has 0 heterocycles. The molecule has 7 heavy (non-hydrogen) atoms. The number of hydrogen-bond acceptors (Lipinski definition) is 2. The molecule has 0 aromatic heterocycles. The van der Waals surface area contributed by atoms with Crippen LogP contribution in [0.1, 0.15) is 0 Å². The van der Waals surface area contributed by atoms with E-state index < -0.39 is 10.4 Å². The fourth-order valence-electron chi connectivity index (χ4n) is 0. The summed E-state index contributed by atoms with van der Waals surface area (Å²) in [5.41, 5.74) is 0. The smallest absolute Gasteiger partial charge is 0.264 e. The SMILES string of the molecule is O=S(=O)(O)O.S.[Fe]. The number of rotatable bonds is 0. The minimum Gasteiger partial charge on any atom is -0.264 e. The van der Waals surface area contributed by atoms with Crippen LogP contribution in [-0.4, -0.2) is 17.5 Å². The topological polar surface area (TPSA) is 74.6 Å². The van der Waals surface area contributed by atoms with Crippen molar-refractivity contribution in [2.24, 2.45) is 0 Å². The van der Waals surface area contributed by atoms with Gasteiger partial charge in [0.2, 0.25) is 0 Å². The van der Waals surface area contributed by atoms with Gasteiger partial charge in [0.25, 0.3) is 0 Å². The normalized spacial score (nSPS) is 8.29. The Morgan fingerprint density at radius 2 is 1.14 bits per heavy atom.